The number of carbonyl (C=O) groups is 2. The first-order chi connectivity index (χ1) is 7.86. The van der Waals surface area contributed by atoms with Crippen LogP contribution in [0.25, 0.3) is 0 Å². The molecule has 1 aliphatic rings. The molecule has 1 aliphatic carbocycles. The smallest absolute Gasteiger partial charge is 0.328 e. The van der Waals surface area contributed by atoms with E-state index < -0.39 is 11.5 Å². The zero-order valence-electron chi connectivity index (χ0n) is 11.0. The lowest BCUT2D eigenvalue weighted by atomic mass is 9.80. The van der Waals surface area contributed by atoms with Gasteiger partial charge in [-0.3, -0.25) is 4.79 Å². The van der Waals surface area contributed by atoms with Crippen molar-refractivity contribution in [3.63, 3.8) is 0 Å². The van der Waals surface area contributed by atoms with E-state index in [1.165, 1.54) is 20.3 Å². The van der Waals surface area contributed by atoms with Crippen LogP contribution in [-0.2, 0) is 9.59 Å². The average molecular weight is 241 g/mol. The van der Waals surface area contributed by atoms with Gasteiger partial charge in [-0.25, -0.2) is 4.79 Å². The molecule has 0 unspecified atom stereocenters. The van der Waals surface area contributed by atoms with Gasteiger partial charge in [0.1, 0.15) is 5.54 Å². The summed E-state index contributed by atoms with van der Waals surface area (Å²) < 4.78 is 0. The summed E-state index contributed by atoms with van der Waals surface area (Å²) in [6.45, 7) is 5.22. The highest BCUT2D eigenvalue weighted by molar-refractivity contribution is 5.87. The lowest BCUT2D eigenvalue weighted by molar-refractivity contribution is -0.147. The van der Waals surface area contributed by atoms with E-state index in [1.54, 1.807) is 0 Å². The van der Waals surface area contributed by atoms with Gasteiger partial charge in [0.25, 0.3) is 0 Å². The van der Waals surface area contributed by atoms with Gasteiger partial charge in [0.05, 0.1) is 0 Å². The van der Waals surface area contributed by atoms with Crippen molar-refractivity contribution >= 4 is 11.9 Å². The zero-order valence-corrected chi connectivity index (χ0v) is 11.0. The van der Waals surface area contributed by atoms with Gasteiger partial charge in [0.2, 0.25) is 5.91 Å². The molecule has 0 spiro atoms. The molecule has 0 aromatic carbocycles. The van der Waals surface area contributed by atoms with Crippen molar-refractivity contribution < 1.29 is 14.7 Å². The fourth-order valence-corrected chi connectivity index (χ4v) is 2.30. The van der Waals surface area contributed by atoms with Crippen LogP contribution in [-0.4, -0.2) is 22.5 Å². The first kappa shape index (κ1) is 14.0. The molecule has 1 fully saturated rings. The van der Waals surface area contributed by atoms with Crippen molar-refractivity contribution in [1.82, 2.24) is 5.32 Å². The number of rotatable bonds is 4. The molecule has 4 heteroatoms. The van der Waals surface area contributed by atoms with E-state index in [-0.39, 0.29) is 11.8 Å². The third kappa shape index (κ3) is 3.72. The quantitative estimate of drug-likeness (QED) is 0.792. The Hall–Kier alpha value is -1.06. The highest BCUT2D eigenvalue weighted by Crippen LogP contribution is 2.30. The van der Waals surface area contributed by atoms with Crippen LogP contribution in [0.15, 0.2) is 0 Å². The van der Waals surface area contributed by atoms with E-state index in [9.17, 15) is 9.59 Å². The van der Waals surface area contributed by atoms with Gasteiger partial charge in [-0.1, -0.05) is 13.3 Å². The highest BCUT2D eigenvalue weighted by atomic mass is 16.4. The molecule has 0 atom stereocenters. The van der Waals surface area contributed by atoms with E-state index in [1.807, 2.05) is 0 Å². The van der Waals surface area contributed by atoms with Crippen molar-refractivity contribution in [3.8, 4) is 0 Å². The van der Waals surface area contributed by atoms with E-state index in [2.05, 4.69) is 12.2 Å². The molecule has 0 aliphatic heterocycles. The molecular formula is C13H23NO3. The summed E-state index contributed by atoms with van der Waals surface area (Å²) in [5.74, 6) is -0.358. The molecule has 17 heavy (non-hydrogen) atoms. The standard InChI is InChI=1S/C13H23NO3/c1-4-9-5-7-10(8-6-9)11(15)14-13(2,3)12(16)17/h9-10H,4-8H2,1-3H3,(H,14,15)(H,16,17). The Bertz CT molecular complexity index is 291. The summed E-state index contributed by atoms with van der Waals surface area (Å²) in [4.78, 5) is 22.9. The maximum atomic E-state index is 11.9. The largest absolute Gasteiger partial charge is 0.480 e. The summed E-state index contributed by atoms with van der Waals surface area (Å²) in [5.41, 5.74) is -1.17. The molecule has 0 saturated heterocycles. The molecule has 0 aromatic heterocycles. The van der Waals surface area contributed by atoms with Crippen LogP contribution < -0.4 is 5.32 Å². The molecule has 4 nitrogen and oxygen atoms in total. The Balaban J connectivity index is 2.47. The Morgan fingerprint density at radius 1 is 1.24 bits per heavy atom. The number of amides is 1. The van der Waals surface area contributed by atoms with Gasteiger partial charge in [0.15, 0.2) is 0 Å². The second-order valence-corrected chi connectivity index (χ2v) is 5.55. The van der Waals surface area contributed by atoms with Crippen LogP contribution in [0.2, 0.25) is 0 Å². The van der Waals surface area contributed by atoms with E-state index in [0.717, 1.165) is 31.6 Å². The van der Waals surface area contributed by atoms with Crippen molar-refractivity contribution in [2.75, 3.05) is 0 Å². The van der Waals surface area contributed by atoms with Gasteiger partial charge in [0, 0.05) is 5.92 Å². The van der Waals surface area contributed by atoms with E-state index in [4.69, 9.17) is 5.11 Å². The number of nitrogens with one attached hydrogen (secondary N) is 1. The number of carboxylic acids is 1. The molecule has 1 amide bonds. The summed E-state index contributed by atoms with van der Waals surface area (Å²) in [5, 5.41) is 11.6. The van der Waals surface area contributed by atoms with Gasteiger partial charge in [-0.15, -0.1) is 0 Å². The SMILES string of the molecule is CCC1CCC(C(=O)NC(C)(C)C(=O)O)CC1. The van der Waals surface area contributed by atoms with Crippen LogP contribution in [0.4, 0.5) is 0 Å². The summed E-state index contributed by atoms with van der Waals surface area (Å²) in [7, 11) is 0. The van der Waals surface area contributed by atoms with Crippen LogP contribution in [0.1, 0.15) is 52.9 Å². The van der Waals surface area contributed by atoms with Crippen molar-refractivity contribution in [3.05, 3.63) is 0 Å². The molecule has 2 N–H and O–H groups in total. The van der Waals surface area contributed by atoms with Gasteiger partial charge >= 0.3 is 5.97 Å². The third-order valence-corrected chi connectivity index (χ3v) is 3.77. The maximum absolute atomic E-state index is 11.9. The predicted molar refractivity (Wildman–Crippen MR) is 65.6 cm³/mol. The second-order valence-electron chi connectivity index (χ2n) is 5.55. The van der Waals surface area contributed by atoms with E-state index in [0.29, 0.717) is 0 Å². The molecule has 0 aromatic rings. The van der Waals surface area contributed by atoms with Gasteiger partial charge < -0.3 is 10.4 Å². The Morgan fingerprint density at radius 3 is 2.18 bits per heavy atom. The molecule has 1 rings (SSSR count). The molecule has 0 radical (unpaired) electrons. The number of hydrogen-bond acceptors (Lipinski definition) is 2. The van der Waals surface area contributed by atoms with Gasteiger partial charge in [-0.2, -0.15) is 0 Å². The second kappa shape index (κ2) is 5.52. The zero-order chi connectivity index (χ0) is 13.1. The summed E-state index contributed by atoms with van der Waals surface area (Å²) in [6, 6.07) is 0. The van der Waals surface area contributed by atoms with Crippen molar-refractivity contribution in [1.29, 1.82) is 0 Å². The highest BCUT2D eigenvalue weighted by Gasteiger charge is 2.33. The molecular weight excluding hydrogens is 218 g/mol. The average Bonchev–Trinajstić information content (AvgIpc) is 2.28. The Kier molecular flexibility index (Phi) is 4.54. The minimum Gasteiger partial charge on any atom is -0.480 e. The summed E-state index contributed by atoms with van der Waals surface area (Å²) in [6.07, 6.45) is 5.12. The third-order valence-electron chi connectivity index (χ3n) is 3.77. The van der Waals surface area contributed by atoms with Crippen molar-refractivity contribution in [2.45, 2.75) is 58.4 Å². The van der Waals surface area contributed by atoms with Crippen LogP contribution in [0, 0.1) is 11.8 Å². The molecule has 1 saturated carbocycles. The topological polar surface area (TPSA) is 66.4 Å². The first-order valence-corrected chi connectivity index (χ1v) is 6.42. The minimum absolute atomic E-state index is 0.00331. The Morgan fingerprint density at radius 2 is 1.76 bits per heavy atom. The van der Waals surface area contributed by atoms with E-state index >= 15 is 0 Å². The lowest BCUT2D eigenvalue weighted by Gasteiger charge is -2.29. The molecule has 0 bridgehead atoms. The molecule has 98 valence electrons. The molecule has 0 heterocycles. The summed E-state index contributed by atoms with van der Waals surface area (Å²) >= 11 is 0. The minimum atomic E-state index is -1.17. The predicted octanol–water partition coefficient (Wildman–Crippen LogP) is 2.18. The van der Waals surface area contributed by atoms with Crippen molar-refractivity contribution in [2.24, 2.45) is 11.8 Å². The number of aliphatic carboxylic acids is 1. The monoisotopic (exact) mass is 241 g/mol. The Labute approximate surface area is 103 Å². The fourth-order valence-electron chi connectivity index (χ4n) is 2.30. The number of carboxylic acid groups (broad SMARTS) is 1. The van der Waals surface area contributed by atoms with Crippen LogP contribution in [0.5, 0.6) is 0 Å². The normalized spacial score (nSPS) is 25.4. The maximum Gasteiger partial charge on any atom is 0.328 e. The van der Waals surface area contributed by atoms with Crippen LogP contribution in [0.3, 0.4) is 0 Å². The fraction of sp³-hybridized carbons (Fsp3) is 0.846. The lowest BCUT2D eigenvalue weighted by Crippen LogP contribution is -2.51. The van der Waals surface area contributed by atoms with Gasteiger partial charge in [-0.05, 0) is 45.4 Å². The van der Waals surface area contributed by atoms with Crippen LogP contribution >= 0.6 is 0 Å². The number of hydrogen-bond donors (Lipinski definition) is 2. The number of carbonyl (C=O) groups excluding carboxylic acids is 1. The first-order valence-electron chi connectivity index (χ1n) is 6.42.